The van der Waals surface area contributed by atoms with Gasteiger partial charge in [-0.25, -0.2) is 19.8 Å². The van der Waals surface area contributed by atoms with Crippen molar-refractivity contribution in [3.8, 4) is 0 Å². The van der Waals surface area contributed by atoms with Gasteiger partial charge >= 0.3 is 0 Å². The molecule has 2 heterocycles. The van der Waals surface area contributed by atoms with E-state index in [4.69, 9.17) is 11.8 Å². The zero-order chi connectivity index (χ0) is 16.9. The Morgan fingerprint density at radius 2 is 2.17 bits per heavy atom. The Morgan fingerprint density at radius 1 is 1.38 bits per heavy atom. The van der Waals surface area contributed by atoms with Gasteiger partial charge in [0.05, 0.1) is 6.33 Å². The fourth-order valence-electron chi connectivity index (χ4n) is 3.37. The summed E-state index contributed by atoms with van der Waals surface area (Å²) in [7, 11) is 0. The molecule has 2 aromatic heterocycles. The van der Waals surface area contributed by atoms with Crippen molar-refractivity contribution in [3.05, 3.63) is 25.3 Å². The molecule has 1 aliphatic carbocycles. The van der Waals surface area contributed by atoms with Crippen LogP contribution in [0.5, 0.6) is 0 Å². The molecule has 0 aliphatic heterocycles. The Balaban J connectivity index is 1.59. The molecule has 3 rings (SSSR count). The van der Waals surface area contributed by atoms with E-state index in [-0.39, 0.29) is 17.9 Å². The number of hydrogen-bond donors (Lipinski definition) is 3. The van der Waals surface area contributed by atoms with Gasteiger partial charge in [-0.3, -0.25) is 4.79 Å². The molecule has 7 nitrogen and oxygen atoms in total. The zero-order valence-corrected chi connectivity index (χ0v) is 14.1. The van der Waals surface area contributed by atoms with Crippen molar-refractivity contribution in [2.24, 2.45) is 11.8 Å². The third-order valence-corrected chi connectivity index (χ3v) is 5.02. The molecule has 24 heavy (non-hydrogen) atoms. The molecule has 1 aliphatic rings. The predicted octanol–water partition coefficient (Wildman–Crippen LogP) is 2.79. The normalized spacial score (nSPS) is 22.2. The quantitative estimate of drug-likeness (QED) is 0.551. The summed E-state index contributed by atoms with van der Waals surface area (Å²) in [6, 6.07) is 0.222. The number of H-pyrrole nitrogens is 1. The van der Waals surface area contributed by atoms with Gasteiger partial charge in [-0.15, -0.1) is 6.58 Å². The van der Waals surface area contributed by atoms with Gasteiger partial charge in [0.25, 0.3) is 0 Å². The van der Waals surface area contributed by atoms with Gasteiger partial charge < -0.3 is 10.3 Å². The number of carbonyl (C=O) groups excluding carboxylic acids is 1. The lowest BCUT2D eigenvalue weighted by Gasteiger charge is -2.32. The number of imidazole rings is 1. The van der Waals surface area contributed by atoms with Crippen LogP contribution < -0.4 is 10.2 Å². The van der Waals surface area contributed by atoms with E-state index in [2.05, 4.69) is 36.7 Å². The highest BCUT2D eigenvalue weighted by molar-refractivity contribution is 6.13. The maximum absolute atomic E-state index is 12.5. The van der Waals surface area contributed by atoms with E-state index in [1.165, 1.54) is 6.33 Å². The molecule has 0 saturated heterocycles. The number of rotatable bonds is 6. The first-order valence-electron chi connectivity index (χ1n) is 8.15. The van der Waals surface area contributed by atoms with E-state index in [9.17, 15) is 4.79 Å². The Kier molecular flexibility index (Phi) is 5.42. The van der Waals surface area contributed by atoms with Gasteiger partial charge in [-0.2, -0.15) is 0 Å². The summed E-state index contributed by atoms with van der Waals surface area (Å²) in [5.74, 6) is 0.954. The van der Waals surface area contributed by atoms with Crippen molar-refractivity contribution in [3.63, 3.8) is 0 Å². The topological polar surface area (TPSA) is 95.6 Å². The molecular weight excluding hydrogens is 328 g/mol. The molecule has 0 aromatic carbocycles. The van der Waals surface area contributed by atoms with Crippen molar-refractivity contribution >= 4 is 34.7 Å². The van der Waals surface area contributed by atoms with E-state index in [1.54, 1.807) is 6.33 Å². The van der Waals surface area contributed by atoms with Crippen LogP contribution in [0, 0.1) is 11.8 Å². The number of halogens is 1. The molecule has 3 N–H and O–H groups in total. The lowest BCUT2D eigenvalue weighted by atomic mass is 9.77. The molecule has 0 spiro atoms. The van der Waals surface area contributed by atoms with E-state index >= 15 is 0 Å². The molecule has 1 unspecified atom stereocenters. The van der Waals surface area contributed by atoms with Crippen LogP contribution in [-0.2, 0) is 4.79 Å². The second-order valence-corrected chi connectivity index (χ2v) is 6.38. The molecule has 128 valence electrons. The summed E-state index contributed by atoms with van der Waals surface area (Å²) in [6.45, 7) is 3.77. The van der Waals surface area contributed by atoms with E-state index in [0.29, 0.717) is 22.9 Å². The fraction of sp³-hybridized carbons (Fsp3) is 0.500. The van der Waals surface area contributed by atoms with Gasteiger partial charge in [-0.1, -0.05) is 6.08 Å². The maximum atomic E-state index is 12.5. The lowest BCUT2D eigenvalue weighted by molar-refractivity contribution is -0.121. The minimum Gasteiger partial charge on any atom is -0.340 e. The van der Waals surface area contributed by atoms with E-state index in [0.717, 1.165) is 32.1 Å². The third-order valence-electron chi connectivity index (χ3n) is 4.74. The monoisotopic (exact) mass is 348 g/mol. The molecule has 8 heteroatoms. The molecule has 1 fully saturated rings. The average molecular weight is 349 g/mol. The van der Waals surface area contributed by atoms with Crippen LogP contribution in [0.2, 0.25) is 0 Å². The number of nitrogens with one attached hydrogen (secondary N) is 3. The van der Waals surface area contributed by atoms with E-state index < -0.39 is 0 Å². The first-order chi connectivity index (χ1) is 11.7. The number of aromatic nitrogens is 4. The van der Waals surface area contributed by atoms with Crippen molar-refractivity contribution in [2.75, 3.05) is 5.32 Å². The maximum Gasteiger partial charge on any atom is 0.228 e. The van der Waals surface area contributed by atoms with Crippen LogP contribution in [-0.4, -0.2) is 31.9 Å². The highest BCUT2D eigenvalue weighted by Gasteiger charge is 2.30. The van der Waals surface area contributed by atoms with Crippen LogP contribution in [0.15, 0.2) is 25.3 Å². The predicted molar refractivity (Wildman–Crippen MR) is 93.4 cm³/mol. The first-order valence-corrected chi connectivity index (χ1v) is 8.52. The van der Waals surface area contributed by atoms with Gasteiger partial charge in [-0.05, 0) is 49.8 Å². The molecule has 0 radical (unpaired) electrons. The largest absolute Gasteiger partial charge is 0.340 e. The van der Waals surface area contributed by atoms with Crippen molar-refractivity contribution in [1.29, 1.82) is 0 Å². The van der Waals surface area contributed by atoms with Crippen LogP contribution in [0.3, 0.4) is 0 Å². The molecule has 2 aromatic rings. The number of nitrogens with zero attached hydrogens (tertiary/aromatic N) is 3. The number of amides is 1. The van der Waals surface area contributed by atoms with Gasteiger partial charge in [0.15, 0.2) is 11.5 Å². The summed E-state index contributed by atoms with van der Waals surface area (Å²) in [5, 5.41) is 2.90. The minimum atomic E-state index is -0.00565. The van der Waals surface area contributed by atoms with Crippen molar-refractivity contribution in [1.82, 2.24) is 24.8 Å². The lowest BCUT2D eigenvalue weighted by Crippen LogP contribution is -2.35. The summed E-state index contributed by atoms with van der Waals surface area (Å²) in [6.07, 6.45) is 9.30. The van der Waals surface area contributed by atoms with Crippen LogP contribution in [0.25, 0.3) is 11.2 Å². The van der Waals surface area contributed by atoms with Gasteiger partial charge in [0.1, 0.15) is 11.8 Å². The summed E-state index contributed by atoms with van der Waals surface area (Å²) < 4.78 is 0. The highest BCUT2D eigenvalue weighted by atomic mass is 35.5. The summed E-state index contributed by atoms with van der Waals surface area (Å²) in [4.78, 5) is 30.6. The van der Waals surface area contributed by atoms with Gasteiger partial charge in [0, 0.05) is 12.0 Å². The van der Waals surface area contributed by atoms with E-state index in [1.807, 2.05) is 6.08 Å². The highest BCUT2D eigenvalue weighted by Crippen LogP contribution is 2.33. The third kappa shape index (κ3) is 3.57. The second-order valence-electron chi connectivity index (χ2n) is 6.16. The van der Waals surface area contributed by atoms with Crippen LogP contribution in [0.4, 0.5) is 5.82 Å². The minimum absolute atomic E-state index is 0.00199. The first kappa shape index (κ1) is 16.9. The van der Waals surface area contributed by atoms with Crippen molar-refractivity contribution in [2.45, 2.75) is 38.1 Å². The molecule has 0 bridgehead atoms. The molecule has 1 atom stereocenters. The Bertz CT molecular complexity index is 709. The van der Waals surface area contributed by atoms with Crippen LogP contribution in [0.1, 0.15) is 32.1 Å². The smallest absolute Gasteiger partial charge is 0.228 e. The zero-order valence-electron chi connectivity index (χ0n) is 13.3. The molecular formula is C16H21ClN6O. The Hall–Kier alpha value is -1.99. The SMILES string of the molecule is C=CCC(NCl)C1CCC(C(=O)Nc2ncnc3nc[nH]c23)CC1. The van der Waals surface area contributed by atoms with Crippen LogP contribution >= 0.6 is 11.8 Å². The molecule has 1 saturated carbocycles. The Labute approximate surface area is 145 Å². The number of hydrogen-bond acceptors (Lipinski definition) is 5. The standard InChI is InChI=1S/C16H21ClN6O/c1-2-3-12(23-17)10-4-6-11(7-5-10)16(24)22-15-13-14(19-8-18-13)20-9-21-15/h2,8-12,23H,1,3-7H2,(H2,18,19,20,21,22,24). The summed E-state index contributed by atoms with van der Waals surface area (Å²) >= 11 is 5.83. The number of anilines is 1. The van der Waals surface area contributed by atoms with Gasteiger partial charge in [0.2, 0.25) is 5.91 Å². The van der Waals surface area contributed by atoms with Crippen molar-refractivity contribution < 1.29 is 4.79 Å². The average Bonchev–Trinajstić information content (AvgIpc) is 3.09. The fourth-order valence-corrected chi connectivity index (χ4v) is 3.64. The number of carbonyl (C=O) groups is 1. The number of aromatic amines is 1. The number of fused-ring (bicyclic) bond motifs is 1. The Morgan fingerprint density at radius 3 is 2.88 bits per heavy atom. The second kappa shape index (κ2) is 7.72. The summed E-state index contributed by atoms with van der Waals surface area (Å²) in [5.41, 5.74) is 1.20. The molecule has 1 amide bonds.